The highest BCUT2D eigenvalue weighted by Crippen LogP contribution is 2.16. The summed E-state index contributed by atoms with van der Waals surface area (Å²) in [6.45, 7) is 1.06. The largest absolute Gasteiger partial charge is 0.365 e. The van der Waals surface area contributed by atoms with Crippen LogP contribution in [-0.2, 0) is 13.1 Å². The van der Waals surface area contributed by atoms with Gasteiger partial charge >= 0.3 is 0 Å². The van der Waals surface area contributed by atoms with E-state index in [2.05, 4.69) is 15.3 Å². The van der Waals surface area contributed by atoms with Crippen molar-refractivity contribution in [2.24, 2.45) is 0 Å². The van der Waals surface area contributed by atoms with Gasteiger partial charge in [0.2, 0.25) is 0 Å². The molecule has 26 heavy (non-hydrogen) atoms. The number of amides is 1. The highest BCUT2D eigenvalue weighted by Gasteiger charge is 2.14. The Morgan fingerprint density at radius 1 is 1.04 bits per heavy atom. The van der Waals surface area contributed by atoms with Gasteiger partial charge in [-0.2, -0.15) is 0 Å². The van der Waals surface area contributed by atoms with Crippen LogP contribution in [0.5, 0.6) is 0 Å². The molecule has 0 aliphatic carbocycles. The number of anilines is 1. The number of benzene rings is 2. The maximum Gasteiger partial charge on any atom is 0.274 e. The second kappa shape index (κ2) is 8.45. The van der Waals surface area contributed by atoms with Crippen molar-refractivity contribution in [1.82, 2.24) is 14.9 Å². The van der Waals surface area contributed by atoms with Gasteiger partial charge in [0.15, 0.2) is 0 Å². The average molecular weight is 367 g/mol. The van der Waals surface area contributed by atoms with Crippen molar-refractivity contribution in [3.63, 3.8) is 0 Å². The Labute approximate surface area is 157 Å². The SMILES string of the molecule is CN(Cc1ccccc1)C(=O)c1cnc(NCc2ccccc2Cl)cn1. The summed E-state index contributed by atoms with van der Waals surface area (Å²) in [6.07, 6.45) is 3.04. The zero-order chi connectivity index (χ0) is 18.4. The molecule has 1 aromatic heterocycles. The van der Waals surface area contributed by atoms with Gasteiger partial charge in [0.05, 0.1) is 12.4 Å². The second-order valence-corrected chi connectivity index (χ2v) is 6.29. The van der Waals surface area contributed by atoms with Gasteiger partial charge in [-0.05, 0) is 17.2 Å². The number of halogens is 1. The molecule has 0 atom stereocenters. The Morgan fingerprint density at radius 3 is 2.46 bits per heavy atom. The number of hydrogen-bond acceptors (Lipinski definition) is 4. The molecule has 0 bridgehead atoms. The third-order valence-electron chi connectivity index (χ3n) is 3.90. The molecule has 0 saturated heterocycles. The van der Waals surface area contributed by atoms with Crippen LogP contribution in [0.2, 0.25) is 5.02 Å². The van der Waals surface area contributed by atoms with E-state index in [1.165, 1.54) is 6.20 Å². The molecule has 2 aromatic carbocycles. The minimum Gasteiger partial charge on any atom is -0.365 e. The molecule has 1 heterocycles. The van der Waals surface area contributed by atoms with Gasteiger partial charge in [-0.25, -0.2) is 9.97 Å². The van der Waals surface area contributed by atoms with E-state index in [1.54, 1.807) is 18.1 Å². The fourth-order valence-corrected chi connectivity index (χ4v) is 2.68. The first kappa shape index (κ1) is 17.9. The van der Waals surface area contributed by atoms with Crippen LogP contribution in [0.25, 0.3) is 0 Å². The van der Waals surface area contributed by atoms with Gasteiger partial charge in [0.25, 0.3) is 5.91 Å². The summed E-state index contributed by atoms with van der Waals surface area (Å²) in [6, 6.07) is 17.4. The molecule has 3 rings (SSSR count). The van der Waals surface area contributed by atoms with E-state index in [4.69, 9.17) is 11.6 Å². The number of carbonyl (C=O) groups excluding carboxylic acids is 1. The van der Waals surface area contributed by atoms with Crippen molar-refractivity contribution in [2.75, 3.05) is 12.4 Å². The third-order valence-corrected chi connectivity index (χ3v) is 4.27. The summed E-state index contributed by atoms with van der Waals surface area (Å²) < 4.78 is 0. The molecular formula is C20H19ClN4O. The molecule has 1 amide bonds. The van der Waals surface area contributed by atoms with E-state index in [9.17, 15) is 4.79 Å². The molecule has 6 heteroatoms. The number of aromatic nitrogens is 2. The van der Waals surface area contributed by atoms with Crippen LogP contribution >= 0.6 is 11.6 Å². The number of nitrogens with zero attached hydrogens (tertiary/aromatic N) is 3. The zero-order valence-electron chi connectivity index (χ0n) is 14.4. The predicted octanol–water partition coefficient (Wildman–Crippen LogP) is 4.01. The Morgan fingerprint density at radius 2 is 1.77 bits per heavy atom. The molecule has 0 aliphatic rings. The van der Waals surface area contributed by atoms with Crippen molar-refractivity contribution in [3.05, 3.63) is 88.8 Å². The summed E-state index contributed by atoms with van der Waals surface area (Å²) in [5, 5.41) is 3.85. The Balaban J connectivity index is 1.60. The van der Waals surface area contributed by atoms with Gasteiger partial charge in [0.1, 0.15) is 11.5 Å². The van der Waals surface area contributed by atoms with Crippen LogP contribution < -0.4 is 5.32 Å². The molecule has 0 spiro atoms. The van der Waals surface area contributed by atoms with Crippen LogP contribution in [0.15, 0.2) is 67.0 Å². The van der Waals surface area contributed by atoms with Gasteiger partial charge in [-0.3, -0.25) is 4.79 Å². The Hall–Kier alpha value is -2.92. The first-order valence-corrected chi connectivity index (χ1v) is 8.60. The molecule has 1 N–H and O–H groups in total. The molecular weight excluding hydrogens is 348 g/mol. The van der Waals surface area contributed by atoms with Crippen molar-refractivity contribution >= 4 is 23.3 Å². The quantitative estimate of drug-likeness (QED) is 0.716. The molecule has 0 radical (unpaired) electrons. The summed E-state index contributed by atoms with van der Waals surface area (Å²) in [7, 11) is 1.75. The summed E-state index contributed by atoms with van der Waals surface area (Å²) in [5.41, 5.74) is 2.35. The minimum absolute atomic E-state index is 0.168. The standard InChI is InChI=1S/C20H19ClN4O/c1-25(14-15-7-3-2-4-8-15)20(26)18-12-24-19(13-22-18)23-11-16-9-5-6-10-17(16)21/h2-10,12-13H,11,14H2,1H3,(H,23,24). The molecule has 0 aliphatic heterocycles. The van der Waals surface area contributed by atoms with Crippen LogP contribution in [0.1, 0.15) is 21.6 Å². The van der Waals surface area contributed by atoms with Crippen LogP contribution in [0, 0.1) is 0 Å². The third kappa shape index (κ3) is 4.58. The van der Waals surface area contributed by atoms with Gasteiger partial charge < -0.3 is 10.2 Å². The van der Waals surface area contributed by atoms with E-state index in [0.29, 0.717) is 29.6 Å². The predicted molar refractivity (Wildman–Crippen MR) is 103 cm³/mol. The van der Waals surface area contributed by atoms with E-state index in [0.717, 1.165) is 11.1 Å². The topological polar surface area (TPSA) is 58.1 Å². The van der Waals surface area contributed by atoms with Crippen molar-refractivity contribution in [1.29, 1.82) is 0 Å². The molecule has 0 fully saturated rings. The highest BCUT2D eigenvalue weighted by atomic mass is 35.5. The summed E-state index contributed by atoms with van der Waals surface area (Å²) in [4.78, 5) is 22.6. The molecule has 0 unspecified atom stereocenters. The lowest BCUT2D eigenvalue weighted by molar-refractivity contribution is 0.0779. The van der Waals surface area contributed by atoms with Crippen LogP contribution in [-0.4, -0.2) is 27.8 Å². The molecule has 0 saturated carbocycles. The minimum atomic E-state index is -0.168. The van der Waals surface area contributed by atoms with E-state index >= 15 is 0 Å². The van der Waals surface area contributed by atoms with Crippen molar-refractivity contribution in [2.45, 2.75) is 13.1 Å². The van der Waals surface area contributed by atoms with Crippen molar-refractivity contribution < 1.29 is 4.79 Å². The van der Waals surface area contributed by atoms with E-state index < -0.39 is 0 Å². The average Bonchev–Trinajstić information content (AvgIpc) is 2.68. The lowest BCUT2D eigenvalue weighted by Gasteiger charge is -2.16. The normalized spacial score (nSPS) is 10.4. The number of rotatable bonds is 6. The Bertz CT molecular complexity index is 868. The maximum absolute atomic E-state index is 12.5. The first-order valence-electron chi connectivity index (χ1n) is 8.22. The summed E-state index contributed by atoms with van der Waals surface area (Å²) >= 11 is 6.13. The number of carbonyl (C=O) groups is 1. The summed E-state index contributed by atoms with van der Waals surface area (Å²) in [5.74, 6) is 0.422. The second-order valence-electron chi connectivity index (χ2n) is 5.88. The van der Waals surface area contributed by atoms with E-state index in [1.807, 2.05) is 54.6 Å². The number of nitrogens with one attached hydrogen (secondary N) is 1. The van der Waals surface area contributed by atoms with Gasteiger partial charge in [-0.1, -0.05) is 60.1 Å². The van der Waals surface area contributed by atoms with Crippen molar-refractivity contribution in [3.8, 4) is 0 Å². The Kier molecular flexibility index (Phi) is 5.81. The fourth-order valence-electron chi connectivity index (χ4n) is 2.48. The van der Waals surface area contributed by atoms with Crippen LogP contribution in [0.3, 0.4) is 0 Å². The first-order chi connectivity index (χ1) is 12.6. The van der Waals surface area contributed by atoms with Gasteiger partial charge in [0, 0.05) is 25.2 Å². The fraction of sp³-hybridized carbons (Fsp3) is 0.150. The molecule has 3 aromatic rings. The molecule has 5 nitrogen and oxygen atoms in total. The van der Waals surface area contributed by atoms with E-state index in [-0.39, 0.29) is 5.91 Å². The number of hydrogen-bond donors (Lipinski definition) is 1. The van der Waals surface area contributed by atoms with Gasteiger partial charge in [-0.15, -0.1) is 0 Å². The smallest absolute Gasteiger partial charge is 0.274 e. The van der Waals surface area contributed by atoms with Crippen LogP contribution in [0.4, 0.5) is 5.82 Å². The highest BCUT2D eigenvalue weighted by molar-refractivity contribution is 6.31. The maximum atomic E-state index is 12.5. The lowest BCUT2D eigenvalue weighted by atomic mass is 10.2. The molecule has 132 valence electrons. The lowest BCUT2D eigenvalue weighted by Crippen LogP contribution is -2.27. The monoisotopic (exact) mass is 366 g/mol. The zero-order valence-corrected chi connectivity index (χ0v) is 15.1.